The second kappa shape index (κ2) is 8.74. The molecular weight excluding hydrogens is 369 g/mol. The summed E-state index contributed by atoms with van der Waals surface area (Å²) in [5, 5.41) is 0.446. The van der Waals surface area contributed by atoms with Gasteiger partial charge in [-0.05, 0) is 13.8 Å². The van der Waals surface area contributed by atoms with E-state index in [2.05, 4.69) is 0 Å². The summed E-state index contributed by atoms with van der Waals surface area (Å²) in [4.78, 5) is 0. The van der Waals surface area contributed by atoms with Crippen LogP contribution in [-0.2, 0) is 9.47 Å². The molecule has 0 fully saturated rings. The molecule has 1 aromatic carbocycles. The molecule has 0 N–H and O–H groups in total. The highest BCUT2D eigenvalue weighted by Crippen LogP contribution is 2.48. The predicted octanol–water partition coefficient (Wildman–Crippen LogP) is 5.73. The highest BCUT2D eigenvalue weighted by molar-refractivity contribution is 6.55. The maximum atomic E-state index is 6.05. The molecule has 1 aromatic rings. The fourth-order valence-corrected chi connectivity index (χ4v) is 2.61. The Morgan fingerprint density at radius 2 is 1.15 bits per heavy atom. The van der Waals surface area contributed by atoms with E-state index in [4.69, 9.17) is 72.2 Å². The van der Waals surface area contributed by atoms with Crippen LogP contribution in [0.4, 0.5) is 0 Å². The highest BCUT2D eigenvalue weighted by Gasteiger charge is 2.21. The Kier molecular flexibility index (Phi) is 8.06. The third kappa shape index (κ3) is 4.44. The number of ether oxygens (including phenoxy) is 3. The van der Waals surface area contributed by atoms with Crippen LogP contribution < -0.4 is 4.74 Å². The lowest BCUT2D eigenvalue weighted by Crippen LogP contribution is -2.25. The average Bonchev–Trinajstić information content (AvgIpc) is 2.43. The molecule has 0 amide bonds. The molecule has 0 spiro atoms. The van der Waals surface area contributed by atoms with Gasteiger partial charge in [-0.25, -0.2) is 0 Å². The van der Waals surface area contributed by atoms with Gasteiger partial charge in [-0.2, -0.15) is 0 Å². The second-order valence-corrected chi connectivity index (χ2v) is 5.44. The normalized spacial score (nSPS) is 11.2. The minimum atomic E-state index is -0.537. The van der Waals surface area contributed by atoms with Gasteiger partial charge in [0.1, 0.15) is 16.7 Å². The fraction of sp³-hybridized carbons (Fsp3) is 0.500. The van der Waals surface area contributed by atoms with Gasteiger partial charge in [0.15, 0.2) is 12.0 Å². The van der Waals surface area contributed by atoms with Crippen LogP contribution in [0.2, 0.25) is 25.1 Å². The van der Waals surface area contributed by atoms with Crippen molar-refractivity contribution in [2.75, 3.05) is 19.8 Å². The zero-order valence-corrected chi connectivity index (χ0v) is 14.6. The van der Waals surface area contributed by atoms with Gasteiger partial charge in [0.05, 0.1) is 15.1 Å². The van der Waals surface area contributed by atoms with E-state index in [1.165, 1.54) is 0 Å². The van der Waals surface area contributed by atoms with Crippen LogP contribution in [0.3, 0.4) is 0 Å². The molecule has 1 rings (SSSR count). The molecule has 0 aliphatic heterocycles. The number of hydrogen-bond acceptors (Lipinski definition) is 3. The van der Waals surface area contributed by atoms with E-state index >= 15 is 0 Å². The van der Waals surface area contributed by atoms with Crippen molar-refractivity contribution in [2.24, 2.45) is 0 Å². The summed E-state index contributed by atoms with van der Waals surface area (Å²) in [6, 6.07) is 0. The van der Waals surface area contributed by atoms with Gasteiger partial charge in [-0.3, -0.25) is 0 Å². The molecule has 3 nitrogen and oxygen atoms in total. The first-order valence-corrected chi connectivity index (χ1v) is 7.70. The van der Waals surface area contributed by atoms with E-state index < -0.39 is 6.29 Å². The van der Waals surface area contributed by atoms with Crippen molar-refractivity contribution < 1.29 is 14.2 Å². The maximum Gasteiger partial charge on any atom is 0.191 e. The lowest BCUT2D eigenvalue weighted by Gasteiger charge is -2.19. The molecule has 0 unspecified atom stereocenters. The second-order valence-electron chi connectivity index (χ2n) is 3.55. The molecule has 20 heavy (non-hydrogen) atoms. The van der Waals surface area contributed by atoms with E-state index in [9.17, 15) is 0 Å². The Morgan fingerprint density at radius 1 is 0.750 bits per heavy atom. The zero-order chi connectivity index (χ0) is 15.3. The molecule has 0 saturated carbocycles. The van der Waals surface area contributed by atoms with E-state index in [1.54, 1.807) is 0 Å². The highest BCUT2D eigenvalue weighted by atomic mass is 35.5. The Hall–Kier alpha value is 0.390. The van der Waals surface area contributed by atoms with Crippen LogP contribution in [0.1, 0.15) is 13.8 Å². The van der Waals surface area contributed by atoms with Crippen LogP contribution in [0, 0.1) is 0 Å². The number of rotatable bonds is 7. The average molecular weight is 382 g/mol. The van der Waals surface area contributed by atoms with Gasteiger partial charge >= 0.3 is 0 Å². The van der Waals surface area contributed by atoms with Crippen molar-refractivity contribution in [3.05, 3.63) is 25.1 Å². The summed E-state index contributed by atoms with van der Waals surface area (Å²) in [5.74, 6) is 0.150. The lowest BCUT2D eigenvalue weighted by atomic mass is 10.3. The van der Waals surface area contributed by atoms with Crippen LogP contribution in [0.25, 0.3) is 0 Å². The fourth-order valence-electron chi connectivity index (χ4n) is 1.38. The van der Waals surface area contributed by atoms with Crippen molar-refractivity contribution in [3.63, 3.8) is 0 Å². The lowest BCUT2D eigenvalue weighted by molar-refractivity contribution is -0.152. The summed E-state index contributed by atoms with van der Waals surface area (Å²) in [6.45, 7) is 4.76. The largest absolute Gasteiger partial charge is 0.485 e. The number of halogens is 5. The summed E-state index contributed by atoms with van der Waals surface area (Å²) in [7, 11) is 0. The van der Waals surface area contributed by atoms with E-state index in [1.807, 2.05) is 13.8 Å². The third-order valence-electron chi connectivity index (χ3n) is 2.24. The van der Waals surface area contributed by atoms with Gasteiger partial charge in [0.2, 0.25) is 0 Å². The van der Waals surface area contributed by atoms with Crippen molar-refractivity contribution >= 4 is 58.0 Å². The molecule has 0 bridgehead atoms. The Balaban J connectivity index is 2.92. The topological polar surface area (TPSA) is 27.7 Å². The first-order valence-electron chi connectivity index (χ1n) is 5.81. The zero-order valence-electron chi connectivity index (χ0n) is 10.8. The molecule has 0 aromatic heterocycles. The van der Waals surface area contributed by atoms with Crippen molar-refractivity contribution in [1.29, 1.82) is 0 Å². The minimum absolute atomic E-state index is 0.0850. The van der Waals surface area contributed by atoms with Gasteiger partial charge in [0, 0.05) is 13.2 Å². The molecule has 0 aliphatic carbocycles. The summed E-state index contributed by atoms with van der Waals surface area (Å²) < 4.78 is 16.2. The summed E-state index contributed by atoms with van der Waals surface area (Å²) in [6.07, 6.45) is -0.537. The van der Waals surface area contributed by atoms with Crippen molar-refractivity contribution in [2.45, 2.75) is 20.1 Å². The molecule has 0 aliphatic rings. The molecule has 114 valence electrons. The monoisotopic (exact) mass is 380 g/mol. The van der Waals surface area contributed by atoms with Crippen molar-refractivity contribution in [3.8, 4) is 5.75 Å². The van der Waals surface area contributed by atoms with Gasteiger partial charge in [-0.1, -0.05) is 58.0 Å². The molecular formula is C12H13Cl5O3. The smallest absolute Gasteiger partial charge is 0.191 e. The van der Waals surface area contributed by atoms with Crippen LogP contribution in [0.5, 0.6) is 5.75 Å². The van der Waals surface area contributed by atoms with E-state index in [0.29, 0.717) is 13.2 Å². The van der Waals surface area contributed by atoms with E-state index in [0.717, 1.165) is 0 Å². The quantitative estimate of drug-likeness (QED) is 0.342. The van der Waals surface area contributed by atoms with E-state index in [-0.39, 0.29) is 37.5 Å². The minimum Gasteiger partial charge on any atom is -0.485 e. The van der Waals surface area contributed by atoms with Crippen LogP contribution in [-0.4, -0.2) is 26.1 Å². The Bertz CT molecular complexity index is 432. The molecule has 0 saturated heterocycles. The van der Waals surface area contributed by atoms with Crippen LogP contribution in [0.15, 0.2) is 0 Å². The van der Waals surface area contributed by atoms with Crippen molar-refractivity contribution in [1.82, 2.24) is 0 Å². The number of benzene rings is 1. The van der Waals surface area contributed by atoms with Gasteiger partial charge in [-0.15, -0.1) is 0 Å². The Morgan fingerprint density at radius 3 is 1.55 bits per heavy atom. The standard InChI is InChI=1S/C12H13Cl5O3/c1-3-18-6(19-4-2)5-20-12-10(16)8(14)7(13)9(15)11(12)17/h6H,3-5H2,1-2H3. The summed E-state index contributed by atoms with van der Waals surface area (Å²) in [5.41, 5.74) is 0. The van der Waals surface area contributed by atoms with Gasteiger partial charge < -0.3 is 14.2 Å². The third-order valence-corrected chi connectivity index (χ3v) is 4.48. The van der Waals surface area contributed by atoms with Crippen LogP contribution >= 0.6 is 58.0 Å². The predicted molar refractivity (Wildman–Crippen MR) is 84.0 cm³/mol. The maximum absolute atomic E-state index is 6.05. The first-order chi connectivity index (χ1) is 9.43. The molecule has 8 heteroatoms. The molecule has 0 atom stereocenters. The van der Waals surface area contributed by atoms with Gasteiger partial charge in [0.25, 0.3) is 0 Å². The SMILES string of the molecule is CCOC(COc1c(Cl)c(Cl)c(Cl)c(Cl)c1Cl)OCC. The first kappa shape index (κ1) is 18.4. The molecule has 0 heterocycles. The summed E-state index contributed by atoms with van der Waals surface area (Å²) >= 11 is 29.9. The number of hydrogen-bond donors (Lipinski definition) is 0. The molecule has 0 radical (unpaired) electrons. The Labute approximate surface area is 142 Å².